The number of likely N-dealkylation sites (N-methyl/N-ethyl adjacent to an activating group) is 1. The summed E-state index contributed by atoms with van der Waals surface area (Å²) in [5, 5.41) is 3.39. The summed E-state index contributed by atoms with van der Waals surface area (Å²) in [6.45, 7) is 2.74. The molecule has 1 aliphatic rings. The average molecular weight is 277 g/mol. The normalized spacial score (nSPS) is 26.6. The van der Waals surface area contributed by atoms with Crippen LogP contribution in [0.1, 0.15) is 31.7 Å². The van der Waals surface area contributed by atoms with Gasteiger partial charge in [0, 0.05) is 12.7 Å². The zero-order chi connectivity index (χ0) is 14.6. The molecule has 4 nitrogen and oxygen atoms in total. The van der Waals surface area contributed by atoms with E-state index in [0.717, 1.165) is 37.1 Å². The van der Waals surface area contributed by atoms with Gasteiger partial charge in [-0.15, -0.1) is 0 Å². The second-order valence-corrected chi connectivity index (χ2v) is 5.12. The molecule has 0 unspecified atom stereocenters. The van der Waals surface area contributed by atoms with Gasteiger partial charge in [0.05, 0.1) is 7.11 Å². The van der Waals surface area contributed by atoms with E-state index in [4.69, 9.17) is 9.47 Å². The maximum absolute atomic E-state index is 12.9. The van der Waals surface area contributed by atoms with Crippen LogP contribution >= 0.6 is 0 Å². The zero-order valence-electron chi connectivity index (χ0n) is 12.4. The smallest absolute Gasteiger partial charge is 0.186 e. The van der Waals surface area contributed by atoms with Gasteiger partial charge in [-0.05, 0) is 31.9 Å². The molecule has 0 spiro atoms. The van der Waals surface area contributed by atoms with Gasteiger partial charge in [-0.3, -0.25) is 4.79 Å². The fourth-order valence-electron chi connectivity index (χ4n) is 3.14. The van der Waals surface area contributed by atoms with Crippen LogP contribution < -0.4 is 10.1 Å². The Labute approximate surface area is 120 Å². The third kappa shape index (κ3) is 2.45. The Bertz CT molecular complexity index is 471. The number of carbonyl (C=O) groups is 1. The number of nitrogens with one attached hydrogen (secondary N) is 1. The molecule has 2 rings (SSSR count). The summed E-state index contributed by atoms with van der Waals surface area (Å²) < 4.78 is 10.8. The van der Waals surface area contributed by atoms with E-state index in [0.29, 0.717) is 0 Å². The summed E-state index contributed by atoms with van der Waals surface area (Å²) in [4.78, 5) is 12.9. The lowest BCUT2D eigenvalue weighted by molar-refractivity contribution is -0.140. The van der Waals surface area contributed by atoms with Crippen molar-refractivity contribution < 1.29 is 14.3 Å². The standard InChI is InChI=1S/C16H23NO3/c1-4-17-16(11-7-10-14(20-3)15(16)18)12-8-5-6-9-13(12)19-2/h5-6,8-9,14,17H,4,7,10-11H2,1-3H3/t14-,16-/m1/s1. The molecule has 4 heteroatoms. The first kappa shape index (κ1) is 15.0. The second-order valence-electron chi connectivity index (χ2n) is 5.12. The van der Waals surface area contributed by atoms with E-state index in [-0.39, 0.29) is 11.9 Å². The first-order valence-corrected chi connectivity index (χ1v) is 7.15. The SMILES string of the molecule is CCN[C@@]1(c2ccccc2OC)CCC[C@@H](OC)C1=O. The lowest BCUT2D eigenvalue weighted by Gasteiger charge is -2.40. The van der Waals surface area contributed by atoms with Gasteiger partial charge < -0.3 is 14.8 Å². The lowest BCUT2D eigenvalue weighted by Crippen LogP contribution is -2.56. The molecule has 0 saturated heterocycles. The number of ether oxygens (including phenoxy) is 2. The van der Waals surface area contributed by atoms with E-state index in [9.17, 15) is 4.79 Å². The second kappa shape index (κ2) is 6.37. The highest BCUT2D eigenvalue weighted by Crippen LogP contribution is 2.39. The van der Waals surface area contributed by atoms with Crippen molar-refractivity contribution in [3.05, 3.63) is 29.8 Å². The number of methoxy groups -OCH3 is 2. The fraction of sp³-hybridized carbons (Fsp3) is 0.562. The van der Waals surface area contributed by atoms with Crippen molar-refractivity contribution in [1.82, 2.24) is 5.32 Å². The van der Waals surface area contributed by atoms with Gasteiger partial charge in [0.2, 0.25) is 0 Å². The minimum absolute atomic E-state index is 0.109. The molecule has 1 aromatic carbocycles. The van der Waals surface area contributed by atoms with Gasteiger partial charge in [0.25, 0.3) is 0 Å². The molecule has 0 aromatic heterocycles. The highest BCUT2D eigenvalue weighted by atomic mass is 16.5. The number of rotatable bonds is 5. The molecule has 1 N–H and O–H groups in total. The molecule has 2 atom stereocenters. The summed E-state index contributed by atoms with van der Waals surface area (Å²) in [5.74, 6) is 0.858. The molecule has 0 aliphatic heterocycles. The van der Waals surface area contributed by atoms with Crippen LogP contribution in [0.25, 0.3) is 0 Å². The first-order chi connectivity index (χ1) is 9.69. The number of carbonyl (C=O) groups excluding carboxylic acids is 1. The number of Topliss-reactive ketones (excluding diaryl/α,β-unsaturated/α-hetero) is 1. The third-order valence-electron chi connectivity index (χ3n) is 4.06. The Kier molecular flexibility index (Phi) is 4.78. The van der Waals surface area contributed by atoms with Crippen LogP contribution in [0.15, 0.2) is 24.3 Å². The van der Waals surface area contributed by atoms with Crippen molar-refractivity contribution in [1.29, 1.82) is 0 Å². The number of hydrogen-bond donors (Lipinski definition) is 1. The molecule has 0 amide bonds. The molecule has 1 saturated carbocycles. The molecule has 0 bridgehead atoms. The molecule has 20 heavy (non-hydrogen) atoms. The fourth-order valence-corrected chi connectivity index (χ4v) is 3.14. The van der Waals surface area contributed by atoms with E-state index in [2.05, 4.69) is 5.32 Å². The van der Waals surface area contributed by atoms with Gasteiger partial charge in [0.15, 0.2) is 5.78 Å². The molecular formula is C16H23NO3. The summed E-state index contributed by atoms with van der Waals surface area (Å²) >= 11 is 0. The third-order valence-corrected chi connectivity index (χ3v) is 4.06. The summed E-state index contributed by atoms with van der Waals surface area (Å²) in [5.41, 5.74) is 0.219. The van der Waals surface area contributed by atoms with Crippen LogP contribution in [0.3, 0.4) is 0 Å². The van der Waals surface area contributed by atoms with Crippen LogP contribution in [0.2, 0.25) is 0 Å². The van der Waals surface area contributed by atoms with E-state index in [1.165, 1.54) is 0 Å². The molecule has 0 radical (unpaired) electrons. The van der Waals surface area contributed by atoms with Crippen molar-refractivity contribution >= 4 is 5.78 Å². The Hall–Kier alpha value is -1.39. The number of hydrogen-bond acceptors (Lipinski definition) is 4. The monoisotopic (exact) mass is 277 g/mol. The summed E-state index contributed by atoms with van der Waals surface area (Å²) in [7, 11) is 3.24. The average Bonchev–Trinajstić information content (AvgIpc) is 2.49. The van der Waals surface area contributed by atoms with Crippen LogP contribution in [0.5, 0.6) is 5.75 Å². The molecule has 1 aliphatic carbocycles. The lowest BCUT2D eigenvalue weighted by atomic mass is 9.73. The first-order valence-electron chi connectivity index (χ1n) is 7.15. The predicted molar refractivity (Wildman–Crippen MR) is 78.0 cm³/mol. The zero-order valence-corrected chi connectivity index (χ0v) is 12.4. The Morgan fingerprint density at radius 1 is 1.35 bits per heavy atom. The van der Waals surface area contributed by atoms with E-state index in [1.54, 1.807) is 14.2 Å². The summed E-state index contributed by atoms with van der Waals surface area (Å²) in [6, 6.07) is 7.74. The van der Waals surface area contributed by atoms with Gasteiger partial charge >= 0.3 is 0 Å². The minimum Gasteiger partial charge on any atom is -0.496 e. The molecule has 110 valence electrons. The Morgan fingerprint density at radius 2 is 2.10 bits per heavy atom. The molecular weight excluding hydrogens is 254 g/mol. The largest absolute Gasteiger partial charge is 0.496 e. The van der Waals surface area contributed by atoms with E-state index in [1.807, 2.05) is 31.2 Å². The van der Waals surface area contributed by atoms with Crippen LogP contribution in [0.4, 0.5) is 0 Å². The number of benzene rings is 1. The van der Waals surface area contributed by atoms with Crippen molar-refractivity contribution in [3.63, 3.8) is 0 Å². The van der Waals surface area contributed by atoms with Crippen LogP contribution in [0, 0.1) is 0 Å². The number of para-hydroxylation sites is 1. The molecule has 1 aromatic rings. The number of ketones is 1. The topological polar surface area (TPSA) is 47.6 Å². The maximum atomic E-state index is 12.9. The van der Waals surface area contributed by atoms with Gasteiger partial charge in [0.1, 0.15) is 17.4 Å². The molecule has 1 fully saturated rings. The Balaban J connectivity index is 2.50. The highest BCUT2D eigenvalue weighted by molar-refractivity contribution is 5.94. The van der Waals surface area contributed by atoms with Crippen LogP contribution in [-0.4, -0.2) is 32.7 Å². The van der Waals surface area contributed by atoms with Crippen molar-refractivity contribution in [3.8, 4) is 5.75 Å². The quantitative estimate of drug-likeness (QED) is 0.897. The van der Waals surface area contributed by atoms with Crippen LogP contribution in [-0.2, 0) is 15.1 Å². The van der Waals surface area contributed by atoms with Crippen molar-refractivity contribution in [2.24, 2.45) is 0 Å². The van der Waals surface area contributed by atoms with E-state index >= 15 is 0 Å². The predicted octanol–water partition coefficient (Wildman–Crippen LogP) is 2.27. The van der Waals surface area contributed by atoms with E-state index < -0.39 is 5.54 Å². The van der Waals surface area contributed by atoms with Crippen molar-refractivity contribution in [2.75, 3.05) is 20.8 Å². The Morgan fingerprint density at radius 3 is 2.75 bits per heavy atom. The maximum Gasteiger partial charge on any atom is 0.186 e. The summed E-state index contributed by atoms with van der Waals surface area (Å²) in [6.07, 6.45) is 2.18. The van der Waals surface area contributed by atoms with Crippen molar-refractivity contribution in [2.45, 2.75) is 37.8 Å². The minimum atomic E-state index is -0.694. The highest BCUT2D eigenvalue weighted by Gasteiger charge is 2.47. The van der Waals surface area contributed by atoms with Gasteiger partial charge in [-0.25, -0.2) is 0 Å². The molecule has 0 heterocycles. The van der Waals surface area contributed by atoms with Gasteiger partial charge in [-0.1, -0.05) is 25.1 Å². The van der Waals surface area contributed by atoms with Gasteiger partial charge in [-0.2, -0.15) is 0 Å².